The average molecular weight is 278 g/mol. The molecule has 0 N–H and O–H groups in total. The monoisotopic (exact) mass is 278 g/mol. The first kappa shape index (κ1) is 14.2. The number of halogens is 1. The number of esters is 1. The molecule has 2 aromatic rings. The zero-order valence-electron chi connectivity index (χ0n) is 11.3. The summed E-state index contributed by atoms with van der Waals surface area (Å²) < 4.78 is 24.9. The number of rotatable bonds is 5. The van der Waals surface area contributed by atoms with Gasteiger partial charge in [-0.1, -0.05) is 18.2 Å². The Morgan fingerprint density at radius 1 is 1.35 bits per heavy atom. The molecule has 0 saturated heterocycles. The quantitative estimate of drug-likeness (QED) is 0.785. The molecule has 0 bridgehead atoms. The van der Waals surface area contributed by atoms with E-state index in [4.69, 9.17) is 4.74 Å². The molecule has 0 spiro atoms. The molecule has 0 aliphatic heterocycles. The van der Waals surface area contributed by atoms with Crippen molar-refractivity contribution in [1.82, 2.24) is 9.78 Å². The van der Waals surface area contributed by atoms with Crippen molar-refractivity contribution in [3.63, 3.8) is 0 Å². The van der Waals surface area contributed by atoms with E-state index in [-0.39, 0.29) is 24.7 Å². The van der Waals surface area contributed by atoms with Crippen molar-refractivity contribution in [3.05, 3.63) is 53.1 Å². The molecule has 0 saturated carbocycles. The van der Waals surface area contributed by atoms with Gasteiger partial charge in [0, 0.05) is 12.7 Å². The number of hydrogen-bond acceptors (Lipinski definition) is 4. The van der Waals surface area contributed by atoms with E-state index in [2.05, 4.69) is 9.84 Å². The van der Waals surface area contributed by atoms with Crippen LogP contribution in [0.5, 0.6) is 0 Å². The third-order valence-electron chi connectivity index (χ3n) is 2.83. The molecule has 0 radical (unpaired) electrons. The minimum Gasteiger partial charge on any atom is -0.464 e. The maximum atomic E-state index is 13.7. The van der Waals surface area contributed by atoms with Crippen LogP contribution in [-0.4, -0.2) is 30.0 Å². The van der Waals surface area contributed by atoms with Gasteiger partial charge >= 0.3 is 5.97 Å². The first-order chi connectivity index (χ1) is 9.65. The molecule has 20 heavy (non-hydrogen) atoms. The molecule has 0 aliphatic rings. The Kier molecular flexibility index (Phi) is 4.47. The van der Waals surface area contributed by atoms with Crippen molar-refractivity contribution < 1.29 is 18.7 Å². The summed E-state index contributed by atoms with van der Waals surface area (Å²) in [6.07, 6.45) is 0. The number of ether oxygens (including phenoxy) is 2. The molecule has 106 valence electrons. The van der Waals surface area contributed by atoms with Crippen LogP contribution in [0.15, 0.2) is 30.3 Å². The topological polar surface area (TPSA) is 53.4 Å². The Bertz CT molecular complexity index is 610. The fourth-order valence-electron chi connectivity index (χ4n) is 1.85. The number of hydrogen-bond donors (Lipinski definition) is 0. The number of carbonyl (C=O) groups is 1. The van der Waals surface area contributed by atoms with E-state index in [1.807, 2.05) is 0 Å². The van der Waals surface area contributed by atoms with Gasteiger partial charge in [0.05, 0.1) is 26.0 Å². The lowest BCUT2D eigenvalue weighted by Crippen LogP contribution is -2.09. The van der Waals surface area contributed by atoms with Crippen LogP contribution in [0.25, 0.3) is 0 Å². The lowest BCUT2D eigenvalue weighted by Gasteiger charge is -2.07. The second-order valence-electron chi connectivity index (χ2n) is 4.19. The summed E-state index contributed by atoms with van der Waals surface area (Å²) in [6.45, 7) is 0.501. The van der Waals surface area contributed by atoms with Gasteiger partial charge in [0.15, 0.2) is 5.69 Å². The van der Waals surface area contributed by atoms with Gasteiger partial charge < -0.3 is 9.47 Å². The summed E-state index contributed by atoms with van der Waals surface area (Å²) in [5.74, 6) is -0.847. The van der Waals surface area contributed by atoms with E-state index in [0.717, 1.165) is 0 Å². The molecular formula is C14H15FN2O3. The van der Waals surface area contributed by atoms with E-state index < -0.39 is 5.97 Å². The summed E-state index contributed by atoms with van der Waals surface area (Å²) in [5.41, 5.74) is 1.34. The van der Waals surface area contributed by atoms with Gasteiger partial charge in [0.2, 0.25) is 0 Å². The fraction of sp³-hybridized carbons (Fsp3) is 0.286. The highest BCUT2D eigenvalue weighted by molar-refractivity contribution is 5.87. The second-order valence-corrected chi connectivity index (χ2v) is 4.19. The number of carbonyl (C=O) groups excluding carboxylic acids is 1. The van der Waals surface area contributed by atoms with Gasteiger partial charge in [-0.3, -0.25) is 4.68 Å². The first-order valence-electron chi connectivity index (χ1n) is 6.03. The molecule has 5 nitrogen and oxygen atoms in total. The Morgan fingerprint density at radius 2 is 2.10 bits per heavy atom. The molecule has 1 aromatic carbocycles. The minimum absolute atomic E-state index is 0.177. The molecule has 6 heteroatoms. The zero-order chi connectivity index (χ0) is 14.5. The molecule has 1 heterocycles. The Labute approximate surface area is 115 Å². The van der Waals surface area contributed by atoms with Crippen LogP contribution in [-0.2, 0) is 22.6 Å². The lowest BCUT2D eigenvalue weighted by molar-refractivity contribution is 0.0593. The average Bonchev–Trinajstić information content (AvgIpc) is 2.84. The fourth-order valence-corrected chi connectivity index (χ4v) is 1.85. The summed E-state index contributed by atoms with van der Waals surface area (Å²) in [5, 5.41) is 4.13. The first-order valence-corrected chi connectivity index (χ1v) is 6.03. The maximum absolute atomic E-state index is 13.7. The predicted octanol–water partition coefficient (Wildman–Crippen LogP) is 2.00. The smallest absolute Gasteiger partial charge is 0.358 e. The van der Waals surface area contributed by atoms with Crippen molar-refractivity contribution in [2.45, 2.75) is 13.2 Å². The van der Waals surface area contributed by atoms with Gasteiger partial charge in [-0.25, -0.2) is 9.18 Å². The maximum Gasteiger partial charge on any atom is 0.358 e. The van der Waals surface area contributed by atoms with E-state index >= 15 is 0 Å². The summed E-state index contributed by atoms with van der Waals surface area (Å²) in [4.78, 5) is 11.5. The van der Waals surface area contributed by atoms with E-state index in [9.17, 15) is 9.18 Å². The molecule has 2 rings (SSSR count). The third kappa shape index (κ3) is 3.03. The van der Waals surface area contributed by atoms with Crippen LogP contribution in [0.3, 0.4) is 0 Å². The third-order valence-corrected chi connectivity index (χ3v) is 2.83. The van der Waals surface area contributed by atoms with Crippen LogP contribution in [0.1, 0.15) is 21.7 Å². The minimum atomic E-state index is -0.533. The van der Waals surface area contributed by atoms with Crippen LogP contribution >= 0.6 is 0 Å². The highest BCUT2D eigenvalue weighted by Gasteiger charge is 2.15. The van der Waals surface area contributed by atoms with Crippen LogP contribution < -0.4 is 0 Å². The van der Waals surface area contributed by atoms with Gasteiger partial charge in [0.1, 0.15) is 5.82 Å². The predicted molar refractivity (Wildman–Crippen MR) is 69.8 cm³/mol. The van der Waals surface area contributed by atoms with Crippen molar-refractivity contribution >= 4 is 5.97 Å². The Morgan fingerprint density at radius 3 is 2.75 bits per heavy atom. The highest BCUT2D eigenvalue weighted by atomic mass is 19.1. The van der Waals surface area contributed by atoms with Crippen molar-refractivity contribution in [2.75, 3.05) is 14.2 Å². The van der Waals surface area contributed by atoms with E-state index in [1.54, 1.807) is 24.3 Å². The van der Waals surface area contributed by atoms with Gasteiger partial charge in [-0.2, -0.15) is 5.10 Å². The molecule has 0 fully saturated rings. The van der Waals surface area contributed by atoms with E-state index in [0.29, 0.717) is 11.3 Å². The zero-order valence-corrected chi connectivity index (χ0v) is 11.3. The second kappa shape index (κ2) is 6.29. The van der Waals surface area contributed by atoms with Crippen LogP contribution in [0.2, 0.25) is 0 Å². The highest BCUT2D eigenvalue weighted by Crippen LogP contribution is 2.13. The number of nitrogens with zero attached hydrogens (tertiary/aromatic N) is 2. The summed E-state index contributed by atoms with van der Waals surface area (Å²) in [7, 11) is 2.83. The number of aromatic nitrogens is 2. The van der Waals surface area contributed by atoms with Crippen LogP contribution in [0, 0.1) is 5.82 Å². The largest absolute Gasteiger partial charge is 0.464 e. The Balaban J connectivity index is 2.32. The van der Waals surface area contributed by atoms with Gasteiger partial charge in [0.25, 0.3) is 0 Å². The van der Waals surface area contributed by atoms with Crippen molar-refractivity contribution in [2.24, 2.45) is 0 Å². The summed E-state index contributed by atoms with van der Waals surface area (Å²) in [6, 6.07) is 8.01. The molecular weight excluding hydrogens is 263 g/mol. The molecule has 0 amide bonds. The van der Waals surface area contributed by atoms with E-state index in [1.165, 1.54) is 25.0 Å². The van der Waals surface area contributed by atoms with Crippen LogP contribution in [0.4, 0.5) is 4.39 Å². The number of methoxy groups -OCH3 is 2. The van der Waals surface area contributed by atoms with Crippen molar-refractivity contribution in [1.29, 1.82) is 0 Å². The standard InChI is InChI=1S/C14H15FN2O3/c1-19-9-11-7-13(14(18)20-2)16-17(11)8-10-5-3-4-6-12(10)15/h3-7H,8-9H2,1-2H3. The molecule has 0 aliphatic carbocycles. The van der Waals surface area contributed by atoms with Gasteiger partial charge in [-0.15, -0.1) is 0 Å². The van der Waals surface area contributed by atoms with Gasteiger partial charge in [-0.05, 0) is 12.1 Å². The normalized spacial score (nSPS) is 10.6. The van der Waals surface area contributed by atoms with Crippen molar-refractivity contribution in [3.8, 4) is 0 Å². The molecule has 0 atom stereocenters. The lowest BCUT2D eigenvalue weighted by atomic mass is 10.2. The molecule has 0 unspecified atom stereocenters. The Hall–Kier alpha value is -2.21. The summed E-state index contributed by atoms with van der Waals surface area (Å²) >= 11 is 0. The number of benzene rings is 1. The molecule has 1 aromatic heterocycles. The SMILES string of the molecule is COCc1cc(C(=O)OC)nn1Cc1ccccc1F.